The first-order chi connectivity index (χ1) is 8.00. The van der Waals surface area contributed by atoms with Crippen LogP contribution in [0.25, 0.3) is 0 Å². The van der Waals surface area contributed by atoms with E-state index in [-0.39, 0.29) is 16.5 Å². The molecule has 0 amide bonds. The second-order valence-electron chi connectivity index (χ2n) is 3.05. The first-order valence-corrected chi connectivity index (χ1v) is 4.95. The van der Waals surface area contributed by atoms with Gasteiger partial charge in [-0.1, -0.05) is 11.6 Å². The van der Waals surface area contributed by atoms with Crippen molar-refractivity contribution in [3.63, 3.8) is 0 Å². The number of pyridine rings is 1. The van der Waals surface area contributed by atoms with E-state index in [1.807, 2.05) is 0 Å². The second-order valence-corrected chi connectivity index (χ2v) is 3.46. The molecule has 0 spiro atoms. The van der Waals surface area contributed by atoms with Crippen LogP contribution in [-0.4, -0.2) is 4.98 Å². The molecule has 6 heteroatoms. The molecule has 2 aromatic rings. The van der Waals surface area contributed by atoms with Crippen molar-refractivity contribution < 1.29 is 8.78 Å². The summed E-state index contributed by atoms with van der Waals surface area (Å²) < 4.78 is 24.3. The molecule has 0 bridgehead atoms. The average molecular weight is 258 g/mol. The number of aromatic nitrogens is 1. The number of benzene rings is 1. The number of hydrogen-bond donors (Lipinski definition) is 2. The lowest BCUT2D eigenvalue weighted by Crippen LogP contribution is -1.93. The number of hydrogen-bond acceptors (Lipinski definition) is 3. The lowest BCUT2D eigenvalue weighted by atomic mass is 10.3. The third-order valence-electron chi connectivity index (χ3n) is 1.76. The van der Waals surface area contributed by atoms with Crippen molar-refractivity contribution in [1.82, 2.24) is 4.98 Å². The summed E-state index contributed by atoms with van der Waals surface area (Å²) in [4.78, 5) is 3.28. The fourth-order valence-corrected chi connectivity index (χ4v) is 1.03. The first-order valence-electron chi connectivity index (χ1n) is 4.57. The lowest BCUT2D eigenvalue weighted by molar-refractivity contribution is 0.584. The smallest absolute Gasteiger partial charge is 0.231 e. The van der Waals surface area contributed by atoms with Crippen LogP contribution in [0.5, 0.6) is 0 Å². The predicted molar refractivity (Wildman–Crippen MR) is 64.4 cm³/mol. The van der Waals surface area contributed by atoms with Crippen molar-refractivity contribution in [2.24, 2.45) is 0 Å². The van der Waals surface area contributed by atoms with Crippen molar-refractivity contribution in [1.29, 1.82) is 0 Å². The Hall–Kier alpha value is -1.88. The molecular weight excluding hydrogens is 248 g/mol. The van der Waals surface area contributed by atoms with Gasteiger partial charge in [0.25, 0.3) is 0 Å². The Kier molecular flexibility index (Phi) is 4.66. The highest BCUT2D eigenvalue weighted by Crippen LogP contribution is 2.14. The number of halogens is 3. The number of nitrogen functional groups attached to an aromatic ring is 2. The zero-order valence-electron chi connectivity index (χ0n) is 8.70. The SMILES string of the molecule is Fc1ncccc1Cl.Nc1ccc(F)cc1N. The topological polar surface area (TPSA) is 64.9 Å². The van der Waals surface area contributed by atoms with E-state index in [2.05, 4.69) is 4.98 Å². The summed E-state index contributed by atoms with van der Waals surface area (Å²) in [7, 11) is 0. The number of rotatable bonds is 0. The van der Waals surface area contributed by atoms with Crippen LogP contribution in [0, 0.1) is 11.8 Å². The summed E-state index contributed by atoms with van der Waals surface area (Å²) in [5.74, 6) is -0.976. The van der Waals surface area contributed by atoms with Gasteiger partial charge in [-0.05, 0) is 30.3 Å². The number of nitrogens with zero attached hydrogens (tertiary/aromatic N) is 1. The molecule has 4 N–H and O–H groups in total. The van der Waals surface area contributed by atoms with E-state index in [0.717, 1.165) is 0 Å². The summed E-state index contributed by atoms with van der Waals surface area (Å²) >= 11 is 5.27. The maximum atomic E-state index is 12.2. The molecule has 0 aliphatic carbocycles. The monoisotopic (exact) mass is 257 g/mol. The molecule has 0 aliphatic heterocycles. The van der Waals surface area contributed by atoms with Gasteiger partial charge in [-0.3, -0.25) is 0 Å². The van der Waals surface area contributed by atoms with Crippen LogP contribution in [0.15, 0.2) is 36.5 Å². The quantitative estimate of drug-likeness (QED) is 0.563. The Morgan fingerprint density at radius 3 is 2.18 bits per heavy atom. The molecule has 1 aromatic heterocycles. The highest BCUT2D eigenvalue weighted by atomic mass is 35.5. The minimum atomic E-state index is -0.617. The van der Waals surface area contributed by atoms with Crippen molar-refractivity contribution in [2.45, 2.75) is 0 Å². The second kappa shape index (κ2) is 6.00. The summed E-state index contributed by atoms with van der Waals surface area (Å²) in [6.07, 6.45) is 1.35. The van der Waals surface area contributed by atoms with E-state index in [9.17, 15) is 8.78 Å². The number of nitrogens with two attached hydrogens (primary N) is 2. The highest BCUT2D eigenvalue weighted by Gasteiger charge is 1.94. The molecular formula is C11H10ClF2N3. The molecule has 3 nitrogen and oxygen atoms in total. The summed E-state index contributed by atoms with van der Waals surface area (Å²) in [5.41, 5.74) is 11.3. The molecule has 90 valence electrons. The molecule has 0 unspecified atom stereocenters. The Morgan fingerprint density at radius 2 is 1.76 bits per heavy atom. The van der Waals surface area contributed by atoms with E-state index < -0.39 is 5.95 Å². The lowest BCUT2D eigenvalue weighted by Gasteiger charge is -1.96. The standard InChI is InChI=1S/C6H7FN2.C5H3ClFN/c7-4-1-2-5(8)6(9)3-4;6-4-2-1-3-8-5(4)7/h1-3H,8-9H2;1-3H. The highest BCUT2D eigenvalue weighted by molar-refractivity contribution is 6.30. The molecule has 0 saturated heterocycles. The van der Waals surface area contributed by atoms with E-state index in [1.54, 1.807) is 6.07 Å². The maximum absolute atomic E-state index is 12.2. The van der Waals surface area contributed by atoms with Gasteiger partial charge in [-0.2, -0.15) is 4.39 Å². The van der Waals surface area contributed by atoms with Crippen LogP contribution in [0.4, 0.5) is 20.2 Å². The van der Waals surface area contributed by atoms with Gasteiger partial charge >= 0.3 is 0 Å². The van der Waals surface area contributed by atoms with Crippen LogP contribution < -0.4 is 11.5 Å². The normalized spacial score (nSPS) is 9.35. The van der Waals surface area contributed by atoms with Crippen LogP contribution in [0.3, 0.4) is 0 Å². The Morgan fingerprint density at radius 1 is 1.06 bits per heavy atom. The van der Waals surface area contributed by atoms with Gasteiger partial charge in [0.05, 0.1) is 16.4 Å². The summed E-state index contributed by atoms with van der Waals surface area (Å²) in [6, 6.07) is 6.92. The zero-order valence-corrected chi connectivity index (χ0v) is 9.46. The van der Waals surface area contributed by atoms with E-state index in [1.165, 1.54) is 30.5 Å². The van der Waals surface area contributed by atoms with Crippen molar-refractivity contribution >= 4 is 23.0 Å². The van der Waals surface area contributed by atoms with Crippen molar-refractivity contribution in [2.75, 3.05) is 11.5 Å². The van der Waals surface area contributed by atoms with Gasteiger partial charge in [0.15, 0.2) is 0 Å². The maximum Gasteiger partial charge on any atom is 0.231 e. The molecule has 0 fully saturated rings. The Balaban J connectivity index is 0.000000171. The van der Waals surface area contributed by atoms with Gasteiger partial charge in [-0.15, -0.1) is 0 Å². The number of anilines is 2. The Labute approximate surface area is 102 Å². The average Bonchev–Trinajstić information content (AvgIpc) is 2.29. The fraction of sp³-hybridized carbons (Fsp3) is 0. The molecule has 1 aromatic carbocycles. The van der Waals surface area contributed by atoms with Gasteiger partial charge in [0.1, 0.15) is 5.82 Å². The largest absolute Gasteiger partial charge is 0.397 e. The molecule has 0 radical (unpaired) electrons. The summed E-state index contributed by atoms with van der Waals surface area (Å²) in [5, 5.41) is 0.0625. The van der Waals surface area contributed by atoms with E-state index in [0.29, 0.717) is 5.69 Å². The van der Waals surface area contributed by atoms with Crippen LogP contribution in [0.1, 0.15) is 0 Å². The minimum Gasteiger partial charge on any atom is -0.397 e. The van der Waals surface area contributed by atoms with E-state index >= 15 is 0 Å². The van der Waals surface area contributed by atoms with Gasteiger partial charge in [0, 0.05) is 6.20 Å². The Bertz CT molecular complexity index is 485. The third-order valence-corrected chi connectivity index (χ3v) is 2.04. The molecule has 1 heterocycles. The third kappa shape index (κ3) is 4.24. The van der Waals surface area contributed by atoms with Gasteiger partial charge < -0.3 is 11.5 Å². The molecule has 0 atom stereocenters. The van der Waals surface area contributed by atoms with Crippen molar-refractivity contribution in [3.05, 3.63) is 53.3 Å². The van der Waals surface area contributed by atoms with Crippen molar-refractivity contribution in [3.8, 4) is 0 Å². The summed E-state index contributed by atoms with van der Waals surface area (Å²) in [6.45, 7) is 0. The van der Waals surface area contributed by atoms with Crippen LogP contribution in [-0.2, 0) is 0 Å². The predicted octanol–water partition coefficient (Wildman–Crippen LogP) is 2.86. The molecule has 0 aliphatic rings. The van der Waals surface area contributed by atoms with Crippen LogP contribution >= 0.6 is 11.6 Å². The zero-order chi connectivity index (χ0) is 12.8. The molecule has 0 saturated carbocycles. The minimum absolute atomic E-state index is 0.0625. The van der Waals surface area contributed by atoms with Gasteiger partial charge in [0.2, 0.25) is 5.95 Å². The molecule has 17 heavy (non-hydrogen) atoms. The molecule has 2 rings (SSSR count). The van der Waals surface area contributed by atoms with Gasteiger partial charge in [-0.25, -0.2) is 9.37 Å². The van der Waals surface area contributed by atoms with Crippen LogP contribution in [0.2, 0.25) is 5.02 Å². The fourth-order valence-electron chi connectivity index (χ4n) is 0.912. The van der Waals surface area contributed by atoms with E-state index in [4.69, 9.17) is 23.1 Å². The first kappa shape index (κ1) is 13.2.